The van der Waals surface area contributed by atoms with Crippen LogP contribution in [0.5, 0.6) is 11.5 Å². The zero-order valence-electron chi connectivity index (χ0n) is 14.5. The van der Waals surface area contributed by atoms with Gasteiger partial charge >= 0.3 is 6.09 Å². The van der Waals surface area contributed by atoms with E-state index in [0.29, 0.717) is 23.6 Å². The molecule has 1 amide bonds. The summed E-state index contributed by atoms with van der Waals surface area (Å²) in [5.41, 5.74) is 1.49. The Bertz CT molecular complexity index is 921. The molecule has 0 saturated carbocycles. The first-order valence-corrected chi connectivity index (χ1v) is 8.45. The Hall–Kier alpha value is -3.78. The molecule has 27 heavy (non-hydrogen) atoms. The molecule has 0 spiro atoms. The minimum absolute atomic E-state index is 0.328. The van der Waals surface area contributed by atoms with Crippen molar-refractivity contribution >= 4 is 6.09 Å². The van der Waals surface area contributed by atoms with Gasteiger partial charge < -0.3 is 14.8 Å². The molecule has 0 fully saturated rings. The number of nitrogens with one attached hydrogen (secondary N) is 1. The maximum Gasteiger partial charge on any atom is 0.409 e. The van der Waals surface area contributed by atoms with E-state index in [1.54, 1.807) is 24.3 Å². The van der Waals surface area contributed by atoms with Crippen molar-refractivity contribution < 1.29 is 14.3 Å². The normalized spacial score (nSPS) is 11.1. The molecule has 0 aliphatic carbocycles. The maximum atomic E-state index is 12.0. The topological polar surface area (TPSA) is 71.3 Å². The average Bonchev–Trinajstić information content (AvgIpc) is 2.72. The van der Waals surface area contributed by atoms with Gasteiger partial charge in [-0.05, 0) is 29.8 Å². The standard InChI is InChI=1S/C22H18N2O3/c23-15-21(27-22(25)24-16-17-8-3-1-4-9-17)18-10-7-13-20(14-18)26-19-11-5-2-6-12-19/h1-14,21H,16H2,(H,24,25). The van der Waals surface area contributed by atoms with Crippen LogP contribution in [0.3, 0.4) is 0 Å². The molecular weight excluding hydrogens is 340 g/mol. The minimum atomic E-state index is -1.03. The van der Waals surface area contributed by atoms with Crippen LogP contribution in [-0.2, 0) is 11.3 Å². The van der Waals surface area contributed by atoms with Gasteiger partial charge in [-0.1, -0.05) is 60.7 Å². The molecular formula is C22H18N2O3. The number of para-hydroxylation sites is 1. The molecule has 0 aromatic heterocycles. The van der Waals surface area contributed by atoms with Gasteiger partial charge in [0.1, 0.15) is 17.6 Å². The van der Waals surface area contributed by atoms with E-state index < -0.39 is 12.2 Å². The summed E-state index contributed by atoms with van der Waals surface area (Å²) in [4.78, 5) is 12.0. The van der Waals surface area contributed by atoms with Crippen LogP contribution in [0.2, 0.25) is 0 Å². The third-order valence-electron chi connectivity index (χ3n) is 3.76. The lowest BCUT2D eigenvalue weighted by Crippen LogP contribution is -2.25. The molecule has 0 heterocycles. The number of hydrogen-bond acceptors (Lipinski definition) is 4. The van der Waals surface area contributed by atoms with Crippen LogP contribution in [0.4, 0.5) is 4.79 Å². The Kier molecular flexibility index (Phi) is 6.05. The van der Waals surface area contributed by atoms with Crippen molar-refractivity contribution in [2.24, 2.45) is 0 Å². The number of amides is 1. The number of carbonyl (C=O) groups excluding carboxylic acids is 1. The molecule has 3 aromatic carbocycles. The lowest BCUT2D eigenvalue weighted by atomic mass is 10.1. The number of hydrogen-bond donors (Lipinski definition) is 1. The minimum Gasteiger partial charge on any atom is -0.457 e. The number of alkyl carbamates (subject to hydrolysis) is 1. The predicted molar refractivity (Wildman–Crippen MR) is 101 cm³/mol. The largest absolute Gasteiger partial charge is 0.457 e. The number of nitriles is 1. The maximum absolute atomic E-state index is 12.0. The lowest BCUT2D eigenvalue weighted by molar-refractivity contribution is 0.122. The van der Waals surface area contributed by atoms with Gasteiger partial charge in [0.25, 0.3) is 0 Å². The van der Waals surface area contributed by atoms with E-state index in [9.17, 15) is 10.1 Å². The van der Waals surface area contributed by atoms with E-state index in [0.717, 1.165) is 5.56 Å². The summed E-state index contributed by atoms with van der Waals surface area (Å²) in [6, 6.07) is 27.7. The summed E-state index contributed by atoms with van der Waals surface area (Å²) in [6.45, 7) is 0.328. The van der Waals surface area contributed by atoms with Gasteiger partial charge in [-0.15, -0.1) is 0 Å². The van der Waals surface area contributed by atoms with Crippen LogP contribution in [-0.4, -0.2) is 6.09 Å². The highest BCUT2D eigenvalue weighted by atomic mass is 16.6. The van der Waals surface area contributed by atoms with Crippen molar-refractivity contribution in [3.05, 3.63) is 96.1 Å². The Morgan fingerprint density at radius 1 is 0.926 bits per heavy atom. The van der Waals surface area contributed by atoms with Crippen LogP contribution >= 0.6 is 0 Å². The summed E-state index contributed by atoms with van der Waals surface area (Å²) in [7, 11) is 0. The Morgan fingerprint density at radius 3 is 2.30 bits per heavy atom. The van der Waals surface area contributed by atoms with Gasteiger partial charge in [-0.2, -0.15) is 5.26 Å². The third kappa shape index (κ3) is 5.35. The quantitative estimate of drug-likeness (QED) is 0.675. The zero-order chi connectivity index (χ0) is 18.9. The second kappa shape index (κ2) is 9.07. The molecule has 1 atom stereocenters. The Balaban J connectivity index is 1.62. The smallest absolute Gasteiger partial charge is 0.409 e. The number of ether oxygens (including phenoxy) is 2. The molecule has 5 heteroatoms. The highest BCUT2D eigenvalue weighted by molar-refractivity contribution is 5.68. The number of nitrogens with zero attached hydrogens (tertiary/aromatic N) is 1. The molecule has 134 valence electrons. The first-order chi connectivity index (χ1) is 13.2. The summed E-state index contributed by atoms with van der Waals surface area (Å²) in [6.07, 6.45) is -1.68. The van der Waals surface area contributed by atoms with Gasteiger partial charge in [-0.3, -0.25) is 0 Å². The zero-order valence-corrected chi connectivity index (χ0v) is 14.5. The van der Waals surface area contributed by atoms with E-state index in [-0.39, 0.29) is 0 Å². The van der Waals surface area contributed by atoms with Crippen molar-refractivity contribution in [1.29, 1.82) is 5.26 Å². The van der Waals surface area contributed by atoms with Gasteiger partial charge in [0.15, 0.2) is 0 Å². The summed E-state index contributed by atoms with van der Waals surface area (Å²) < 4.78 is 11.0. The average molecular weight is 358 g/mol. The van der Waals surface area contributed by atoms with Crippen LogP contribution in [0.25, 0.3) is 0 Å². The third-order valence-corrected chi connectivity index (χ3v) is 3.76. The second-order valence-corrected chi connectivity index (χ2v) is 5.74. The molecule has 0 saturated heterocycles. The molecule has 5 nitrogen and oxygen atoms in total. The Morgan fingerprint density at radius 2 is 1.59 bits per heavy atom. The molecule has 3 aromatic rings. The summed E-state index contributed by atoms with van der Waals surface area (Å²) in [5, 5.41) is 12.0. The second-order valence-electron chi connectivity index (χ2n) is 5.74. The SMILES string of the molecule is N#CC(OC(=O)NCc1ccccc1)c1cccc(Oc2ccccc2)c1. The van der Waals surface area contributed by atoms with Crippen LogP contribution in [0.1, 0.15) is 17.2 Å². The molecule has 1 unspecified atom stereocenters. The first kappa shape index (κ1) is 18.0. The fourth-order valence-corrected chi connectivity index (χ4v) is 2.45. The van der Waals surface area contributed by atoms with Gasteiger partial charge in [0.05, 0.1) is 0 Å². The van der Waals surface area contributed by atoms with Crippen molar-refractivity contribution in [3.63, 3.8) is 0 Å². The van der Waals surface area contributed by atoms with E-state index in [1.165, 1.54) is 0 Å². The van der Waals surface area contributed by atoms with E-state index in [2.05, 4.69) is 5.32 Å². The van der Waals surface area contributed by atoms with Gasteiger partial charge in [-0.25, -0.2) is 4.79 Å². The van der Waals surface area contributed by atoms with Gasteiger partial charge in [0.2, 0.25) is 6.10 Å². The van der Waals surface area contributed by atoms with Crippen molar-refractivity contribution in [2.75, 3.05) is 0 Å². The monoisotopic (exact) mass is 358 g/mol. The molecule has 3 rings (SSSR count). The fourth-order valence-electron chi connectivity index (χ4n) is 2.45. The molecule has 1 N–H and O–H groups in total. The van der Waals surface area contributed by atoms with E-state index in [1.807, 2.05) is 66.7 Å². The highest BCUT2D eigenvalue weighted by Gasteiger charge is 2.16. The summed E-state index contributed by atoms with van der Waals surface area (Å²) >= 11 is 0. The highest BCUT2D eigenvalue weighted by Crippen LogP contribution is 2.25. The number of rotatable bonds is 6. The molecule has 0 aliphatic rings. The van der Waals surface area contributed by atoms with Gasteiger partial charge in [0, 0.05) is 12.1 Å². The first-order valence-electron chi connectivity index (χ1n) is 8.45. The van der Waals surface area contributed by atoms with Crippen LogP contribution < -0.4 is 10.1 Å². The van der Waals surface area contributed by atoms with Crippen LogP contribution in [0.15, 0.2) is 84.9 Å². The fraction of sp³-hybridized carbons (Fsp3) is 0.0909. The molecule has 0 aliphatic heterocycles. The van der Waals surface area contributed by atoms with Crippen molar-refractivity contribution in [1.82, 2.24) is 5.32 Å². The van der Waals surface area contributed by atoms with Crippen molar-refractivity contribution in [3.8, 4) is 17.6 Å². The number of carbonyl (C=O) groups is 1. The molecule has 0 radical (unpaired) electrons. The predicted octanol–water partition coefficient (Wildman–Crippen LogP) is 4.97. The Labute approximate surface area is 157 Å². The lowest BCUT2D eigenvalue weighted by Gasteiger charge is -2.13. The van der Waals surface area contributed by atoms with Crippen LogP contribution in [0, 0.1) is 11.3 Å². The van der Waals surface area contributed by atoms with E-state index >= 15 is 0 Å². The molecule has 0 bridgehead atoms. The van der Waals surface area contributed by atoms with Crippen molar-refractivity contribution in [2.45, 2.75) is 12.6 Å². The number of benzene rings is 3. The summed E-state index contributed by atoms with van der Waals surface area (Å²) in [5.74, 6) is 1.25. The van der Waals surface area contributed by atoms with E-state index in [4.69, 9.17) is 9.47 Å².